The first-order valence-corrected chi connectivity index (χ1v) is 12.7. The number of nitrogens with zero attached hydrogens (tertiary/aromatic N) is 1. The highest BCUT2D eigenvalue weighted by Gasteiger charge is 2.39. The molecule has 164 valence electrons. The Labute approximate surface area is 190 Å². The Morgan fingerprint density at radius 3 is 2.41 bits per heavy atom. The van der Waals surface area contributed by atoms with Crippen molar-refractivity contribution in [2.24, 2.45) is 0 Å². The fourth-order valence-electron chi connectivity index (χ4n) is 4.81. The minimum Gasteiger partial charge on any atom is -0.357 e. The minimum absolute atomic E-state index is 0.356. The third-order valence-corrected chi connectivity index (χ3v) is 8.33. The maximum absolute atomic E-state index is 13.8. The van der Waals surface area contributed by atoms with Gasteiger partial charge in [0.2, 0.25) is 10.0 Å². The lowest BCUT2D eigenvalue weighted by Gasteiger charge is -2.35. The van der Waals surface area contributed by atoms with Crippen molar-refractivity contribution in [2.75, 3.05) is 6.54 Å². The van der Waals surface area contributed by atoms with E-state index in [1.807, 2.05) is 43.3 Å². The van der Waals surface area contributed by atoms with Crippen LogP contribution in [-0.2, 0) is 22.9 Å². The van der Waals surface area contributed by atoms with E-state index in [4.69, 9.17) is 0 Å². The van der Waals surface area contributed by atoms with E-state index in [-0.39, 0.29) is 6.04 Å². The summed E-state index contributed by atoms with van der Waals surface area (Å²) in [6.45, 7) is 4.63. The molecule has 0 bridgehead atoms. The zero-order valence-corrected chi connectivity index (χ0v) is 19.3. The highest BCUT2D eigenvalue weighted by atomic mass is 32.2. The van der Waals surface area contributed by atoms with Crippen molar-refractivity contribution in [1.29, 1.82) is 0 Å². The van der Waals surface area contributed by atoms with Crippen LogP contribution in [0.1, 0.15) is 47.3 Å². The van der Waals surface area contributed by atoms with Gasteiger partial charge in [-0.25, -0.2) is 8.42 Å². The molecule has 0 aliphatic carbocycles. The molecule has 4 nitrogen and oxygen atoms in total. The summed E-state index contributed by atoms with van der Waals surface area (Å²) in [5.41, 5.74) is 6.55. The van der Waals surface area contributed by atoms with Gasteiger partial charge in [-0.15, -0.1) is 0 Å². The molecule has 2 heterocycles. The third-order valence-electron chi connectivity index (χ3n) is 6.45. The summed E-state index contributed by atoms with van der Waals surface area (Å²) >= 11 is 0. The highest BCUT2D eigenvalue weighted by molar-refractivity contribution is 7.89. The van der Waals surface area contributed by atoms with E-state index in [0.717, 1.165) is 40.7 Å². The molecule has 4 aromatic rings. The first kappa shape index (κ1) is 21.0. The Balaban J connectivity index is 1.64. The average Bonchev–Trinajstić information content (AvgIpc) is 3.18. The maximum atomic E-state index is 13.8. The molecule has 5 rings (SSSR count). The highest BCUT2D eigenvalue weighted by Crippen LogP contribution is 2.41. The molecule has 1 atom stereocenters. The molecular formula is C27H28N2O2S. The lowest BCUT2D eigenvalue weighted by molar-refractivity contribution is 0.340. The van der Waals surface area contributed by atoms with E-state index < -0.39 is 10.0 Å². The Kier molecular flexibility index (Phi) is 5.39. The van der Waals surface area contributed by atoms with E-state index in [1.54, 1.807) is 16.4 Å². The number of H-pyrrole nitrogens is 1. The van der Waals surface area contributed by atoms with Gasteiger partial charge in [0.05, 0.1) is 10.9 Å². The predicted molar refractivity (Wildman–Crippen MR) is 129 cm³/mol. The van der Waals surface area contributed by atoms with Crippen molar-refractivity contribution in [2.45, 2.75) is 44.0 Å². The molecular weight excluding hydrogens is 416 g/mol. The van der Waals surface area contributed by atoms with Crippen LogP contribution in [0.2, 0.25) is 0 Å². The zero-order chi connectivity index (χ0) is 22.3. The number of sulfonamides is 1. The number of rotatable bonds is 5. The summed E-state index contributed by atoms with van der Waals surface area (Å²) in [4.78, 5) is 3.91. The van der Waals surface area contributed by atoms with Crippen LogP contribution in [0.4, 0.5) is 0 Å². The lowest BCUT2D eigenvalue weighted by Crippen LogP contribution is -2.40. The summed E-state index contributed by atoms with van der Waals surface area (Å²) < 4.78 is 29.4. The number of hydrogen-bond acceptors (Lipinski definition) is 2. The first-order valence-electron chi connectivity index (χ1n) is 11.3. The smallest absolute Gasteiger partial charge is 0.244 e. The molecule has 1 aliphatic rings. The molecule has 0 spiro atoms. The first-order chi connectivity index (χ1) is 15.5. The number of nitrogens with one attached hydrogen (secondary N) is 1. The number of aryl methyl sites for hydroxylation is 2. The van der Waals surface area contributed by atoms with Gasteiger partial charge in [0, 0.05) is 23.1 Å². The normalized spacial score (nSPS) is 16.9. The standard InChI is InChI=1S/C27H28N2O2S/c1-3-6-20-11-15-22(16-12-20)32(30,31)29-18-17-24-23-7-4-5-8-25(23)28-26(24)27(29)21-13-9-19(2)10-14-21/h4-5,7-16,27-28H,3,6,17-18H2,1-2H3. The number of aromatic nitrogens is 1. The summed E-state index contributed by atoms with van der Waals surface area (Å²) in [5.74, 6) is 0. The Hall–Kier alpha value is -2.89. The molecule has 1 unspecified atom stereocenters. The van der Waals surface area contributed by atoms with Crippen LogP contribution >= 0.6 is 0 Å². The number of para-hydroxylation sites is 1. The fourth-order valence-corrected chi connectivity index (χ4v) is 6.40. The van der Waals surface area contributed by atoms with Crippen molar-refractivity contribution in [1.82, 2.24) is 9.29 Å². The van der Waals surface area contributed by atoms with E-state index in [1.165, 1.54) is 10.9 Å². The molecule has 1 N–H and O–H groups in total. The van der Waals surface area contributed by atoms with Crippen molar-refractivity contribution < 1.29 is 8.42 Å². The topological polar surface area (TPSA) is 53.2 Å². The van der Waals surface area contributed by atoms with Crippen LogP contribution in [0.3, 0.4) is 0 Å². The Bertz CT molecular complexity index is 1350. The Morgan fingerprint density at radius 2 is 1.69 bits per heavy atom. The van der Waals surface area contributed by atoms with E-state index in [9.17, 15) is 8.42 Å². The van der Waals surface area contributed by atoms with Crippen molar-refractivity contribution in [3.05, 3.63) is 101 Å². The number of fused-ring (bicyclic) bond motifs is 3. The lowest BCUT2D eigenvalue weighted by atomic mass is 9.94. The molecule has 0 radical (unpaired) electrons. The maximum Gasteiger partial charge on any atom is 0.244 e. The van der Waals surface area contributed by atoms with Crippen LogP contribution in [0.15, 0.2) is 77.7 Å². The molecule has 0 saturated carbocycles. The van der Waals surface area contributed by atoms with Crippen LogP contribution in [0.25, 0.3) is 10.9 Å². The van der Waals surface area contributed by atoms with E-state index in [2.05, 4.69) is 36.2 Å². The number of aromatic amines is 1. The molecule has 3 aromatic carbocycles. The largest absolute Gasteiger partial charge is 0.357 e. The van der Waals surface area contributed by atoms with Gasteiger partial charge in [0.25, 0.3) is 0 Å². The Morgan fingerprint density at radius 1 is 0.969 bits per heavy atom. The minimum atomic E-state index is -3.67. The number of hydrogen-bond donors (Lipinski definition) is 1. The molecule has 1 aliphatic heterocycles. The number of benzene rings is 3. The summed E-state index contributed by atoms with van der Waals surface area (Å²) in [6.07, 6.45) is 2.68. The molecule has 0 fully saturated rings. The average molecular weight is 445 g/mol. The molecule has 5 heteroatoms. The molecule has 32 heavy (non-hydrogen) atoms. The van der Waals surface area contributed by atoms with Gasteiger partial charge in [0.1, 0.15) is 0 Å². The second kappa shape index (κ2) is 8.23. The van der Waals surface area contributed by atoms with E-state index >= 15 is 0 Å². The fraction of sp³-hybridized carbons (Fsp3) is 0.259. The summed E-state index contributed by atoms with van der Waals surface area (Å²) in [7, 11) is -3.67. The van der Waals surface area contributed by atoms with Gasteiger partial charge in [-0.1, -0.05) is 73.5 Å². The van der Waals surface area contributed by atoms with Gasteiger partial charge < -0.3 is 4.98 Å². The van der Waals surface area contributed by atoms with Crippen LogP contribution < -0.4 is 0 Å². The molecule has 0 amide bonds. The van der Waals surface area contributed by atoms with Crippen molar-refractivity contribution >= 4 is 20.9 Å². The van der Waals surface area contributed by atoms with Crippen LogP contribution in [0, 0.1) is 6.92 Å². The van der Waals surface area contributed by atoms with Gasteiger partial charge in [-0.3, -0.25) is 0 Å². The molecule has 1 aromatic heterocycles. The summed E-state index contributed by atoms with van der Waals surface area (Å²) in [5, 5.41) is 1.18. The second-order valence-electron chi connectivity index (χ2n) is 8.64. The molecule has 0 saturated heterocycles. The van der Waals surface area contributed by atoms with Crippen LogP contribution in [0.5, 0.6) is 0 Å². The third kappa shape index (κ3) is 3.55. The monoisotopic (exact) mass is 444 g/mol. The SMILES string of the molecule is CCCc1ccc(S(=O)(=O)N2CCc3c([nH]c4ccccc34)C2c2ccc(C)cc2)cc1. The van der Waals surface area contributed by atoms with Gasteiger partial charge in [0.15, 0.2) is 0 Å². The van der Waals surface area contributed by atoms with Gasteiger partial charge in [-0.2, -0.15) is 4.31 Å². The van der Waals surface area contributed by atoms with Crippen LogP contribution in [-0.4, -0.2) is 24.3 Å². The zero-order valence-electron chi connectivity index (χ0n) is 18.5. The van der Waals surface area contributed by atoms with Crippen molar-refractivity contribution in [3.8, 4) is 0 Å². The van der Waals surface area contributed by atoms with E-state index in [0.29, 0.717) is 17.9 Å². The van der Waals surface area contributed by atoms with Gasteiger partial charge >= 0.3 is 0 Å². The quantitative estimate of drug-likeness (QED) is 0.425. The second-order valence-corrected chi connectivity index (χ2v) is 10.5. The van der Waals surface area contributed by atoms with Crippen molar-refractivity contribution in [3.63, 3.8) is 0 Å². The van der Waals surface area contributed by atoms with Gasteiger partial charge in [-0.05, 0) is 54.7 Å². The predicted octanol–water partition coefficient (Wildman–Crippen LogP) is 5.77. The summed E-state index contributed by atoms with van der Waals surface area (Å²) in [6, 6.07) is 23.4.